The Morgan fingerprint density at radius 2 is 1.76 bits per heavy atom. The molecule has 25 heavy (non-hydrogen) atoms. The minimum Gasteiger partial charge on any atom is -0.347 e. The van der Waals surface area contributed by atoms with E-state index < -0.39 is 0 Å². The molecule has 0 aromatic heterocycles. The fourth-order valence-corrected chi connectivity index (χ4v) is 4.69. The van der Waals surface area contributed by atoms with Gasteiger partial charge in [-0.2, -0.15) is 0 Å². The van der Waals surface area contributed by atoms with Gasteiger partial charge in [0.2, 0.25) is 0 Å². The maximum Gasteiger partial charge on any atom is 0.251 e. The highest BCUT2D eigenvalue weighted by atomic mass is 16.1. The highest BCUT2D eigenvalue weighted by Gasteiger charge is 2.50. The minimum absolute atomic E-state index is 0.0604. The van der Waals surface area contributed by atoms with E-state index >= 15 is 0 Å². The summed E-state index contributed by atoms with van der Waals surface area (Å²) in [4.78, 5) is 15.2. The van der Waals surface area contributed by atoms with Crippen molar-refractivity contribution in [3.63, 3.8) is 0 Å². The highest BCUT2D eigenvalue weighted by Crippen LogP contribution is 2.45. The van der Waals surface area contributed by atoms with Crippen LogP contribution < -0.4 is 5.32 Å². The van der Waals surface area contributed by atoms with Crippen molar-refractivity contribution >= 4 is 5.91 Å². The Bertz CT molecular complexity index is 730. The quantitative estimate of drug-likeness (QED) is 0.924. The van der Waals surface area contributed by atoms with E-state index in [0.717, 1.165) is 31.6 Å². The lowest BCUT2D eigenvalue weighted by molar-refractivity contribution is 0.0878. The van der Waals surface area contributed by atoms with Crippen LogP contribution in [-0.2, 0) is 6.54 Å². The molecule has 1 saturated carbocycles. The van der Waals surface area contributed by atoms with Crippen molar-refractivity contribution in [1.82, 2.24) is 10.2 Å². The van der Waals surface area contributed by atoms with Crippen molar-refractivity contribution in [3.05, 3.63) is 71.8 Å². The van der Waals surface area contributed by atoms with E-state index in [4.69, 9.17) is 0 Å². The summed E-state index contributed by atoms with van der Waals surface area (Å²) in [5.41, 5.74) is 2.03. The predicted octanol–water partition coefficient (Wildman–Crippen LogP) is 3.72. The van der Waals surface area contributed by atoms with Gasteiger partial charge in [0, 0.05) is 30.7 Å². The lowest BCUT2D eigenvalue weighted by Crippen LogP contribution is -2.50. The molecule has 1 heterocycles. The average molecular weight is 334 g/mol. The third-order valence-corrected chi connectivity index (χ3v) is 6.05. The average Bonchev–Trinajstić information content (AvgIpc) is 3.17. The first-order valence-electron chi connectivity index (χ1n) is 9.28. The monoisotopic (exact) mass is 334 g/mol. The number of carbonyl (C=O) groups is 1. The second-order valence-corrected chi connectivity index (χ2v) is 7.82. The molecule has 1 aliphatic carbocycles. The number of amides is 1. The summed E-state index contributed by atoms with van der Waals surface area (Å²) in [5, 5.41) is 3.36. The van der Waals surface area contributed by atoms with E-state index in [1.807, 2.05) is 30.3 Å². The first kappa shape index (κ1) is 16.3. The van der Waals surface area contributed by atoms with Crippen LogP contribution in [0.5, 0.6) is 0 Å². The molecule has 2 aromatic carbocycles. The van der Waals surface area contributed by atoms with Gasteiger partial charge in [-0.05, 0) is 49.3 Å². The predicted molar refractivity (Wildman–Crippen MR) is 100 cm³/mol. The Labute approximate surface area is 150 Å². The van der Waals surface area contributed by atoms with Crippen LogP contribution in [-0.4, -0.2) is 29.4 Å². The van der Waals surface area contributed by atoms with Gasteiger partial charge in [-0.3, -0.25) is 9.69 Å². The van der Waals surface area contributed by atoms with Crippen molar-refractivity contribution in [3.8, 4) is 0 Å². The molecule has 3 heteroatoms. The van der Waals surface area contributed by atoms with Gasteiger partial charge in [-0.25, -0.2) is 0 Å². The van der Waals surface area contributed by atoms with Crippen LogP contribution in [0.25, 0.3) is 0 Å². The summed E-state index contributed by atoms with van der Waals surface area (Å²) < 4.78 is 0. The molecule has 1 N–H and O–H groups in total. The van der Waals surface area contributed by atoms with Crippen molar-refractivity contribution in [1.29, 1.82) is 0 Å². The Morgan fingerprint density at radius 3 is 2.48 bits per heavy atom. The second kappa shape index (κ2) is 6.64. The summed E-state index contributed by atoms with van der Waals surface area (Å²) in [7, 11) is 0. The molecule has 1 saturated heterocycles. The molecule has 3 nitrogen and oxygen atoms in total. The zero-order chi connectivity index (χ0) is 17.3. The van der Waals surface area contributed by atoms with Gasteiger partial charge in [0.1, 0.15) is 0 Å². The lowest BCUT2D eigenvalue weighted by atomic mass is 9.86. The van der Waals surface area contributed by atoms with Crippen molar-refractivity contribution in [2.75, 3.05) is 13.1 Å². The zero-order valence-electron chi connectivity index (χ0n) is 14.8. The number of fused-ring (bicyclic) bond motifs is 1. The second-order valence-electron chi connectivity index (χ2n) is 7.82. The fraction of sp³-hybridized carbons (Fsp3) is 0.409. The standard InChI is InChI=1S/C22H26N2O/c1-22(23-21(25)18-10-6-3-7-11-18)13-12-19-15-24(16-20(19)22)14-17-8-4-2-5-9-17/h2-11,19-20H,12-16H2,1H3,(H,23,25)/t19-,20+,22+/m1/s1. The Balaban J connectivity index is 1.43. The maximum atomic E-state index is 12.6. The molecule has 3 atom stereocenters. The molecule has 0 bridgehead atoms. The molecule has 0 unspecified atom stereocenters. The third-order valence-electron chi connectivity index (χ3n) is 6.05. The maximum absolute atomic E-state index is 12.6. The number of likely N-dealkylation sites (tertiary alicyclic amines) is 1. The summed E-state index contributed by atoms with van der Waals surface area (Å²) >= 11 is 0. The van der Waals surface area contributed by atoms with E-state index in [9.17, 15) is 4.79 Å². The van der Waals surface area contributed by atoms with E-state index in [0.29, 0.717) is 11.8 Å². The van der Waals surface area contributed by atoms with Crippen LogP contribution in [0, 0.1) is 11.8 Å². The molecule has 2 fully saturated rings. The summed E-state index contributed by atoms with van der Waals surface area (Å²) in [6, 6.07) is 20.3. The van der Waals surface area contributed by atoms with Gasteiger partial charge in [-0.1, -0.05) is 48.5 Å². The van der Waals surface area contributed by atoms with E-state index in [1.54, 1.807) is 0 Å². The van der Waals surface area contributed by atoms with Gasteiger partial charge >= 0.3 is 0 Å². The molecule has 1 aliphatic heterocycles. The molecule has 0 radical (unpaired) electrons. The summed E-state index contributed by atoms with van der Waals surface area (Å²) in [6.07, 6.45) is 2.29. The van der Waals surface area contributed by atoms with Gasteiger partial charge in [0.05, 0.1) is 0 Å². The SMILES string of the molecule is C[C@]1(NC(=O)c2ccccc2)CC[C@@H]2CN(Cc3ccccc3)C[C@@H]21. The molecular formula is C22H26N2O. The van der Waals surface area contributed by atoms with Crippen LogP contribution in [0.3, 0.4) is 0 Å². The topological polar surface area (TPSA) is 32.3 Å². The molecule has 2 aromatic rings. The van der Waals surface area contributed by atoms with Crippen LogP contribution in [0.1, 0.15) is 35.7 Å². The number of nitrogens with zero attached hydrogens (tertiary/aromatic N) is 1. The molecule has 0 spiro atoms. The Morgan fingerprint density at radius 1 is 1.08 bits per heavy atom. The lowest BCUT2D eigenvalue weighted by Gasteiger charge is -2.33. The first-order chi connectivity index (χ1) is 12.1. The van der Waals surface area contributed by atoms with Crippen molar-refractivity contribution in [2.24, 2.45) is 11.8 Å². The number of nitrogens with one attached hydrogen (secondary N) is 1. The zero-order valence-corrected chi connectivity index (χ0v) is 14.8. The number of hydrogen-bond acceptors (Lipinski definition) is 2. The van der Waals surface area contributed by atoms with E-state index in [1.165, 1.54) is 12.0 Å². The first-order valence-corrected chi connectivity index (χ1v) is 9.28. The van der Waals surface area contributed by atoms with Gasteiger partial charge in [0.15, 0.2) is 0 Å². The Kier molecular flexibility index (Phi) is 4.34. The molecule has 2 aliphatic rings. The number of hydrogen-bond donors (Lipinski definition) is 1. The number of benzene rings is 2. The van der Waals surface area contributed by atoms with Gasteiger partial charge in [0.25, 0.3) is 5.91 Å². The number of rotatable bonds is 4. The minimum atomic E-state index is -0.0942. The Hall–Kier alpha value is -2.13. The summed E-state index contributed by atoms with van der Waals surface area (Å²) in [6.45, 7) is 5.47. The van der Waals surface area contributed by atoms with Crippen LogP contribution >= 0.6 is 0 Å². The van der Waals surface area contributed by atoms with Gasteiger partial charge < -0.3 is 5.32 Å². The van der Waals surface area contributed by atoms with E-state index in [-0.39, 0.29) is 11.4 Å². The highest BCUT2D eigenvalue weighted by molar-refractivity contribution is 5.94. The largest absolute Gasteiger partial charge is 0.347 e. The third kappa shape index (κ3) is 3.34. The van der Waals surface area contributed by atoms with Crippen LogP contribution in [0.15, 0.2) is 60.7 Å². The number of carbonyl (C=O) groups excluding carboxylic acids is 1. The van der Waals surface area contributed by atoms with Crippen molar-refractivity contribution < 1.29 is 4.79 Å². The van der Waals surface area contributed by atoms with Crippen LogP contribution in [0.4, 0.5) is 0 Å². The molecular weight excluding hydrogens is 308 g/mol. The smallest absolute Gasteiger partial charge is 0.251 e. The molecule has 130 valence electrons. The normalized spacial score (nSPS) is 28.7. The fourth-order valence-electron chi connectivity index (χ4n) is 4.69. The molecule has 1 amide bonds. The molecule has 4 rings (SSSR count). The van der Waals surface area contributed by atoms with Crippen molar-refractivity contribution in [2.45, 2.75) is 31.8 Å². The summed E-state index contributed by atoms with van der Waals surface area (Å²) in [5.74, 6) is 1.30. The van der Waals surface area contributed by atoms with Crippen LogP contribution in [0.2, 0.25) is 0 Å². The van der Waals surface area contributed by atoms with Gasteiger partial charge in [-0.15, -0.1) is 0 Å². The van der Waals surface area contributed by atoms with E-state index in [2.05, 4.69) is 47.5 Å².